The van der Waals surface area contributed by atoms with Gasteiger partial charge in [-0.2, -0.15) is 0 Å². The molecule has 0 aromatic heterocycles. The van der Waals surface area contributed by atoms with Gasteiger partial charge in [-0.3, -0.25) is 4.21 Å². The van der Waals surface area contributed by atoms with Crippen molar-refractivity contribution in [3.63, 3.8) is 0 Å². The molecule has 0 amide bonds. The molecule has 0 aliphatic heterocycles. The summed E-state index contributed by atoms with van der Waals surface area (Å²) >= 11 is 5.89. The van der Waals surface area contributed by atoms with E-state index >= 15 is 0 Å². The smallest absolute Gasteiger partial charge is 0.0577 e. The zero-order valence-corrected chi connectivity index (χ0v) is 13.8. The lowest BCUT2D eigenvalue weighted by molar-refractivity contribution is 0.535. The standard InChI is InChI=1S/C17H20ClNOS/c1-3-19-17(14-7-5-4-6-8-14)13(2)21(20)16-11-9-15(18)10-12-16/h4-13,17,19H,3H2,1-2H3. The predicted molar refractivity (Wildman–Crippen MR) is 90.2 cm³/mol. The van der Waals surface area contributed by atoms with E-state index in [9.17, 15) is 4.21 Å². The zero-order valence-electron chi connectivity index (χ0n) is 12.3. The third kappa shape index (κ3) is 4.16. The van der Waals surface area contributed by atoms with E-state index in [0.717, 1.165) is 17.0 Å². The molecule has 2 aromatic rings. The van der Waals surface area contributed by atoms with Crippen LogP contribution >= 0.6 is 11.6 Å². The van der Waals surface area contributed by atoms with E-state index < -0.39 is 10.8 Å². The molecule has 0 radical (unpaired) electrons. The van der Waals surface area contributed by atoms with Crippen molar-refractivity contribution in [1.29, 1.82) is 0 Å². The Morgan fingerprint density at radius 1 is 1.10 bits per heavy atom. The molecule has 1 N–H and O–H groups in total. The van der Waals surface area contributed by atoms with E-state index in [0.29, 0.717) is 5.02 Å². The number of benzene rings is 2. The van der Waals surface area contributed by atoms with Crippen LogP contribution in [0.3, 0.4) is 0 Å². The Labute approximate surface area is 134 Å². The maximum atomic E-state index is 12.8. The fourth-order valence-electron chi connectivity index (χ4n) is 2.34. The Morgan fingerprint density at radius 3 is 2.29 bits per heavy atom. The van der Waals surface area contributed by atoms with Crippen molar-refractivity contribution in [3.05, 3.63) is 65.2 Å². The summed E-state index contributed by atoms with van der Waals surface area (Å²) in [7, 11) is -1.09. The topological polar surface area (TPSA) is 29.1 Å². The molecule has 0 heterocycles. The van der Waals surface area contributed by atoms with Gasteiger partial charge in [0.1, 0.15) is 0 Å². The molecule has 112 valence electrons. The van der Waals surface area contributed by atoms with Crippen LogP contribution in [0, 0.1) is 0 Å². The molecule has 21 heavy (non-hydrogen) atoms. The summed E-state index contributed by atoms with van der Waals surface area (Å²) in [5.41, 5.74) is 1.16. The van der Waals surface area contributed by atoms with Crippen LogP contribution in [-0.4, -0.2) is 16.0 Å². The van der Waals surface area contributed by atoms with Crippen molar-refractivity contribution < 1.29 is 4.21 Å². The fourth-order valence-corrected chi connectivity index (χ4v) is 3.80. The first-order valence-corrected chi connectivity index (χ1v) is 8.67. The molecule has 0 aliphatic rings. The number of halogens is 1. The zero-order chi connectivity index (χ0) is 15.2. The monoisotopic (exact) mass is 321 g/mol. The summed E-state index contributed by atoms with van der Waals surface area (Å²) in [6, 6.07) is 17.5. The molecule has 0 spiro atoms. The first-order chi connectivity index (χ1) is 10.1. The SMILES string of the molecule is CCNC(c1ccccc1)C(C)S(=O)c1ccc(Cl)cc1. The molecular formula is C17H20ClNOS. The number of hydrogen-bond acceptors (Lipinski definition) is 2. The molecule has 2 aromatic carbocycles. The van der Waals surface area contributed by atoms with Gasteiger partial charge in [0.15, 0.2) is 0 Å². The van der Waals surface area contributed by atoms with E-state index in [1.165, 1.54) is 0 Å². The van der Waals surface area contributed by atoms with E-state index in [-0.39, 0.29) is 11.3 Å². The van der Waals surface area contributed by atoms with Crippen molar-refractivity contribution in [1.82, 2.24) is 5.32 Å². The van der Waals surface area contributed by atoms with E-state index in [1.54, 1.807) is 12.1 Å². The van der Waals surface area contributed by atoms with Gasteiger partial charge in [0.25, 0.3) is 0 Å². The third-order valence-corrected chi connectivity index (χ3v) is 5.37. The lowest BCUT2D eigenvalue weighted by Crippen LogP contribution is -2.33. The van der Waals surface area contributed by atoms with Crippen LogP contribution in [0.2, 0.25) is 5.02 Å². The Morgan fingerprint density at radius 2 is 1.71 bits per heavy atom. The van der Waals surface area contributed by atoms with Crippen LogP contribution in [0.5, 0.6) is 0 Å². The maximum Gasteiger partial charge on any atom is 0.0577 e. The van der Waals surface area contributed by atoms with Crippen LogP contribution in [0.25, 0.3) is 0 Å². The largest absolute Gasteiger partial charge is 0.309 e. The van der Waals surface area contributed by atoms with Gasteiger partial charge >= 0.3 is 0 Å². The van der Waals surface area contributed by atoms with Crippen molar-refractivity contribution >= 4 is 22.4 Å². The van der Waals surface area contributed by atoms with E-state index in [2.05, 4.69) is 24.4 Å². The van der Waals surface area contributed by atoms with Gasteiger partial charge in [0, 0.05) is 16.0 Å². The molecule has 0 fully saturated rings. The minimum absolute atomic E-state index is 0.0338. The highest BCUT2D eigenvalue weighted by Gasteiger charge is 2.24. The molecule has 2 rings (SSSR count). The van der Waals surface area contributed by atoms with Crippen molar-refractivity contribution in [2.24, 2.45) is 0 Å². The molecule has 0 saturated heterocycles. The van der Waals surface area contributed by atoms with Gasteiger partial charge < -0.3 is 5.32 Å². The van der Waals surface area contributed by atoms with Gasteiger partial charge in [0.2, 0.25) is 0 Å². The van der Waals surface area contributed by atoms with Gasteiger partial charge in [0.05, 0.1) is 16.0 Å². The highest BCUT2D eigenvalue weighted by atomic mass is 35.5. The van der Waals surface area contributed by atoms with Gasteiger partial charge in [-0.25, -0.2) is 0 Å². The summed E-state index contributed by atoms with van der Waals surface area (Å²) in [6.45, 7) is 4.92. The second kappa shape index (κ2) is 7.74. The maximum absolute atomic E-state index is 12.8. The van der Waals surface area contributed by atoms with Gasteiger partial charge in [-0.05, 0) is 43.3 Å². The highest BCUT2D eigenvalue weighted by molar-refractivity contribution is 7.85. The van der Waals surface area contributed by atoms with Crippen molar-refractivity contribution in [2.75, 3.05) is 6.54 Å². The quantitative estimate of drug-likeness (QED) is 0.864. The van der Waals surface area contributed by atoms with Crippen LogP contribution in [0.1, 0.15) is 25.5 Å². The lowest BCUT2D eigenvalue weighted by Gasteiger charge is -2.25. The highest BCUT2D eigenvalue weighted by Crippen LogP contribution is 2.25. The number of rotatable bonds is 6. The van der Waals surface area contributed by atoms with E-state index in [4.69, 9.17) is 11.6 Å². The molecule has 0 saturated carbocycles. The van der Waals surface area contributed by atoms with Crippen LogP contribution in [0.4, 0.5) is 0 Å². The number of nitrogens with one attached hydrogen (secondary N) is 1. The minimum Gasteiger partial charge on any atom is -0.309 e. The summed E-state index contributed by atoms with van der Waals surface area (Å²) in [5.74, 6) is 0. The number of hydrogen-bond donors (Lipinski definition) is 1. The second-order valence-corrected chi connectivity index (χ2v) is 7.15. The average molecular weight is 322 g/mol. The van der Waals surface area contributed by atoms with Gasteiger partial charge in [-0.1, -0.05) is 48.9 Å². The first kappa shape index (κ1) is 16.2. The Bertz CT molecular complexity index is 585. The molecule has 3 atom stereocenters. The van der Waals surface area contributed by atoms with Crippen LogP contribution < -0.4 is 5.32 Å². The minimum atomic E-state index is -1.09. The summed E-state index contributed by atoms with van der Waals surface area (Å²) in [6.07, 6.45) is 0. The second-order valence-electron chi connectivity index (χ2n) is 4.90. The molecule has 0 bridgehead atoms. The fraction of sp³-hybridized carbons (Fsp3) is 0.294. The predicted octanol–water partition coefficient (Wildman–Crippen LogP) is 4.19. The van der Waals surface area contributed by atoms with E-state index in [1.807, 2.05) is 37.3 Å². The average Bonchev–Trinajstić information content (AvgIpc) is 2.53. The molecule has 4 heteroatoms. The molecule has 3 unspecified atom stereocenters. The summed E-state index contributed by atoms with van der Waals surface area (Å²) in [5, 5.41) is 4.07. The molecule has 2 nitrogen and oxygen atoms in total. The Hall–Kier alpha value is -1.16. The Balaban J connectivity index is 2.24. The summed E-state index contributed by atoms with van der Waals surface area (Å²) in [4.78, 5) is 0.811. The van der Waals surface area contributed by atoms with Gasteiger partial charge in [-0.15, -0.1) is 0 Å². The Kier molecular flexibility index (Phi) is 5.97. The first-order valence-electron chi connectivity index (χ1n) is 7.08. The van der Waals surface area contributed by atoms with Crippen molar-refractivity contribution in [3.8, 4) is 0 Å². The third-order valence-electron chi connectivity index (χ3n) is 3.44. The molecule has 0 aliphatic carbocycles. The molecular weight excluding hydrogens is 302 g/mol. The van der Waals surface area contributed by atoms with Crippen LogP contribution in [0.15, 0.2) is 59.5 Å². The summed E-state index contributed by atoms with van der Waals surface area (Å²) < 4.78 is 12.8. The normalized spacial score (nSPS) is 15.4. The van der Waals surface area contributed by atoms with Crippen molar-refractivity contribution in [2.45, 2.75) is 30.0 Å². The lowest BCUT2D eigenvalue weighted by atomic mass is 10.0. The van der Waals surface area contributed by atoms with Crippen LogP contribution in [-0.2, 0) is 10.8 Å².